The molecule has 0 radical (unpaired) electrons. The molecule has 0 aromatic heterocycles. The summed E-state index contributed by atoms with van der Waals surface area (Å²) in [5, 5.41) is 2.62. The molecule has 0 heterocycles. The lowest BCUT2D eigenvalue weighted by Crippen LogP contribution is -2.47. The first-order valence-electron chi connectivity index (χ1n) is 7.84. The molecule has 2 rings (SSSR count). The number of amides is 2. The van der Waals surface area contributed by atoms with Crippen LogP contribution in [0.2, 0.25) is 0 Å². The van der Waals surface area contributed by atoms with Crippen molar-refractivity contribution in [3.8, 4) is 0 Å². The molecule has 0 aliphatic rings. The predicted octanol–water partition coefficient (Wildman–Crippen LogP) is 2.94. The smallest absolute Gasteiger partial charge is 0.242 e. The lowest BCUT2D eigenvalue weighted by Gasteiger charge is -2.28. The Balaban J connectivity index is 2.08. The third-order valence-electron chi connectivity index (χ3n) is 3.71. The Morgan fingerprint density at radius 3 is 2.21 bits per heavy atom. The van der Waals surface area contributed by atoms with Crippen LogP contribution in [-0.2, 0) is 16.1 Å². The Bertz CT molecular complexity index is 662. The second kappa shape index (κ2) is 9.13. The fraction of sp³-hybridized carbons (Fsp3) is 0.263. The molecule has 0 saturated heterocycles. The van der Waals surface area contributed by atoms with Crippen LogP contribution in [0.5, 0.6) is 0 Å². The van der Waals surface area contributed by atoms with E-state index in [2.05, 4.69) is 5.32 Å². The van der Waals surface area contributed by atoms with Crippen molar-refractivity contribution in [3.05, 3.63) is 66.2 Å². The quantitative estimate of drug-likeness (QED) is 0.787. The highest BCUT2D eigenvalue weighted by atomic mass is 32.2. The van der Waals surface area contributed by atoms with Crippen molar-refractivity contribution in [1.29, 1.82) is 0 Å². The van der Waals surface area contributed by atoms with Crippen LogP contribution in [0.4, 0.5) is 0 Å². The molecular formula is C19H22N2O2S. The van der Waals surface area contributed by atoms with E-state index in [0.29, 0.717) is 12.3 Å². The zero-order chi connectivity index (χ0) is 17.4. The summed E-state index contributed by atoms with van der Waals surface area (Å²) in [6, 6.07) is 19.0. The standard InChI is InChI=1S/C19H22N2O2S/c1-15(19(23)20-2)21(13-16-9-5-3-6-10-16)18(22)14-24-17-11-7-4-8-12-17/h3-12,15H,13-14H2,1-2H3,(H,20,23). The van der Waals surface area contributed by atoms with E-state index in [1.54, 1.807) is 18.9 Å². The van der Waals surface area contributed by atoms with Crippen molar-refractivity contribution >= 4 is 23.6 Å². The maximum Gasteiger partial charge on any atom is 0.242 e. The lowest BCUT2D eigenvalue weighted by atomic mass is 10.1. The highest BCUT2D eigenvalue weighted by molar-refractivity contribution is 8.00. The van der Waals surface area contributed by atoms with Gasteiger partial charge in [0.15, 0.2) is 0 Å². The molecule has 1 N–H and O–H groups in total. The maximum atomic E-state index is 12.7. The molecule has 2 amide bonds. The van der Waals surface area contributed by atoms with Crippen LogP contribution in [0.1, 0.15) is 12.5 Å². The molecule has 0 bridgehead atoms. The molecular weight excluding hydrogens is 320 g/mol. The monoisotopic (exact) mass is 342 g/mol. The molecule has 126 valence electrons. The first-order valence-corrected chi connectivity index (χ1v) is 8.83. The Labute approximate surface area is 147 Å². The van der Waals surface area contributed by atoms with E-state index in [0.717, 1.165) is 10.5 Å². The average molecular weight is 342 g/mol. The van der Waals surface area contributed by atoms with Crippen LogP contribution in [-0.4, -0.2) is 35.6 Å². The minimum atomic E-state index is -0.515. The van der Waals surface area contributed by atoms with Gasteiger partial charge in [-0.2, -0.15) is 0 Å². The van der Waals surface area contributed by atoms with Gasteiger partial charge >= 0.3 is 0 Å². The van der Waals surface area contributed by atoms with Gasteiger partial charge in [0.1, 0.15) is 6.04 Å². The number of hydrogen-bond donors (Lipinski definition) is 1. The summed E-state index contributed by atoms with van der Waals surface area (Å²) in [5.41, 5.74) is 1.01. The number of benzene rings is 2. The number of nitrogens with one attached hydrogen (secondary N) is 1. The molecule has 0 spiro atoms. The fourth-order valence-corrected chi connectivity index (χ4v) is 3.12. The molecule has 4 nitrogen and oxygen atoms in total. The van der Waals surface area contributed by atoms with Crippen LogP contribution in [0.25, 0.3) is 0 Å². The van der Waals surface area contributed by atoms with Gasteiger partial charge in [0.2, 0.25) is 11.8 Å². The number of hydrogen-bond acceptors (Lipinski definition) is 3. The summed E-state index contributed by atoms with van der Waals surface area (Å²) >= 11 is 1.48. The zero-order valence-electron chi connectivity index (χ0n) is 13.9. The SMILES string of the molecule is CNC(=O)C(C)N(Cc1ccccc1)C(=O)CSc1ccccc1. The minimum absolute atomic E-state index is 0.0520. The van der Waals surface area contributed by atoms with Crippen molar-refractivity contribution in [2.75, 3.05) is 12.8 Å². The third kappa shape index (κ3) is 5.13. The number of thioether (sulfide) groups is 1. The van der Waals surface area contributed by atoms with Gasteiger partial charge in [-0.3, -0.25) is 9.59 Å². The van der Waals surface area contributed by atoms with Crippen molar-refractivity contribution in [3.63, 3.8) is 0 Å². The Hall–Kier alpha value is -2.27. The van der Waals surface area contributed by atoms with Gasteiger partial charge in [0.25, 0.3) is 0 Å². The topological polar surface area (TPSA) is 49.4 Å². The molecule has 5 heteroatoms. The zero-order valence-corrected chi connectivity index (χ0v) is 14.8. The van der Waals surface area contributed by atoms with E-state index in [1.807, 2.05) is 60.7 Å². The van der Waals surface area contributed by atoms with Crippen LogP contribution in [0.3, 0.4) is 0 Å². The predicted molar refractivity (Wildman–Crippen MR) is 97.7 cm³/mol. The minimum Gasteiger partial charge on any atom is -0.357 e. The molecule has 0 aliphatic carbocycles. The molecule has 0 aliphatic heterocycles. The number of rotatable bonds is 7. The molecule has 1 atom stereocenters. The Morgan fingerprint density at radius 2 is 1.62 bits per heavy atom. The highest BCUT2D eigenvalue weighted by Gasteiger charge is 2.25. The van der Waals surface area contributed by atoms with E-state index in [9.17, 15) is 9.59 Å². The average Bonchev–Trinajstić information content (AvgIpc) is 2.64. The maximum absolute atomic E-state index is 12.7. The first-order chi connectivity index (χ1) is 11.6. The first kappa shape index (κ1) is 18.1. The van der Waals surface area contributed by atoms with Gasteiger partial charge in [-0.1, -0.05) is 48.5 Å². The van der Waals surface area contributed by atoms with Crippen molar-refractivity contribution in [2.24, 2.45) is 0 Å². The normalized spacial score (nSPS) is 11.6. The van der Waals surface area contributed by atoms with Crippen LogP contribution >= 0.6 is 11.8 Å². The summed E-state index contributed by atoms with van der Waals surface area (Å²) in [6.07, 6.45) is 0. The largest absolute Gasteiger partial charge is 0.357 e. The second-order valence-corrected chi connectivity index (χ2v) is 6.45. The molecule has 24 heavy (non-hydrogen) atoms. The molecule has 0 fully saturated rings. The van der Waals surface area contributed by atoms with Gasteiger partial charge in [0.05, 0.1) is 5.75 Å². The number of likely N-dealkylation sites (N-methyl/N-ethyl adjacent to an activating group) is 1. The van der Waals surface area contributed by atoms with Gasteiger partial charge in [-0.15, -0.1) is 11.8 Å². The fourth-order valence-electron chi connectivity index (χ4n) is 2.32. The molecule has 2 aromatic rings. The van der Waals surface area contributed by atoms with E-state index >= 15 is 0 Å². The lowest BCUT2D eigenvalue weighted by molar-refractivity contribution is -0.138. The third-order valence-corrected chi connectivity index (χ3v) is 4.71. The molecule has 2 aromatic carbocycles. The highest BCUT2D eigenvalue weighted by Crippen LogP contribution is 2.19. The van der Waals surface area contributed by atoms with Crippen molar-refractivity contribution < 1.29 is 9.59 Å². The Morgan fingerprint density at radius 1 is 1.04 bits per heavy atom. The second-order valence-electron chi connectivity index (χ2n) is 5.40. The van der Waals surface area contributed by atoms with E-state index < -0.39 is 6.04 Å². The van der Waals surface area contributed by atoms with Gasteiger partial charge in [-0.25, -0.2) is 0 Å². The molecule has 0 saturated carbocycles. The van der Waals surface area contributed by atoms with Crippen LogP contribution < -0.4 is 5.32 Å². The van der Waals surface area contributed by atoms with E-state index in [-0.39, 0.29) is 11.8 Å². The van der Waals surface area contributed by atoms with E-state index in [4.69, 9.17) is 0 Å². The number of carbonyl (C=O) groups is 2. The number of nitrogens with zero attached hydrogens (tertiary/aromatic N) is 1. The van der Waals surface area contributed by atoms with Crippen LogP contribution in [0.15, 0.2) is 65.6 Å². The van der Waals surface area contributed by atoms with Gasteiger partial charge in [0, 0.05) is 18.5 Å². The Kier molecular flexibility index (Phi) is 6.88. The van der Waals surface area contributed by atoms with Crippen molar-refractivity contribution in [1.82, 2.24) is 10.2 Å². The van der Waals surface area contributed by atoms with Crippen LogP contribution in [0, 0.1) is 0 Å². The van der Waals surface area contributed by atoms with Gasteiger partial charge in [-0.05, 0) is 24.6 Å². The van der Waals surface area contributed by atoms with Gasteiger partial charge < -0.3 is 10.2 Å². The summed E-state index contributed by atoms with van der Waals surface area (Å²) in [4.78, 5) is 27.4. The summed E-state index contributed by atoms with van der Waals surface area (Å²) in [7, 11) is 1.59. The van der Waals surface area contributed by atoms with E-state index in [1.165, 1.54) is 11.8 Å². The number of carbonyl (C=O) groups excluding carboxylic acids is 2. The summed E-state index contributed by atoms with van der Waals surface area (Å²) in [6.45, 7) is 2.18. The summed E-state index contributed by atoms with van der Waals surface area (Å²) in [5.74, 6) is 0.0887. The molecule has 1 unspecified atom stereocenters. The summed E-state index contributed by atoms with van der Waals surface area (Å²) < 4.78 is 0. The van der Waals surface area contributed by atoms with Crippen molar-refractivity contribution in [2.45, 2.75) is 24.4 Å².